The van der Waals surface area contributed by atoms with Gasteiger partial charge in [0.2, 0.25) is 11.8 Å². The largest absolute Gasteiger partial charge is 0.416 e. The number of benzene rings is 1. The van der Waals surface area contributed by atoms with Crippen molar-refractivity contribution in [2.75, 3.05) is 23.7 Å². The van der Waals surface area contributed by atoms with E-state index in [1.165, 1.54) is 23.9 Å². The van der Waals surface area contributed by atoms with Gasteiger partial charge >= 0.3 is 6.18 Å². The highest BCUT2D eigenvalue weighted by Crippen LogP contribution is 2.29. The molecule has 0 radical (unpaired) electrons. The molecule has 1 aliphatic heterocycles. The van der Waals surface area contributed by atoms with Gasteiger partial charge in [0.1, 0.15) is 5.03 Å². The molecule has 1 atom stereocenters. The van der Waals surface area contributed by atoms with Crippen molar-refractivity contribution >= 4 is 29.4 Å². The third kappa shape index (κ3) is 6.85. The van der Waals surface area contributed by atoms with E-state index < -0.39 is 11.7 Å². The highest BCUT2D eigenvalue weighted by molar-refractivity contribution is 7.99. The second-order valence-electron chi connectivity index (χ2n) is 8.56. The van der Waals surface area contributed by atoms with E-state index in [9.17, 15) is 22.8 Å². The zero-order valence-corrected chi connectivity index (χ0v) is 19.3. The topological polar surface area (TPSA) is 87.2 Å². The number of nitrogens with zero attached hydrogens (tertiary/aromatic N) is 3. The molecule has 1 aliphatic carbocycles. The van der Waals surface area contributed by atoms with Gasteiger partial charge in [-0.2, -0.15) is 13.2 Å². The summed E-state index contributed by atoms with van der Waals surface area (Å²) >= 11 is 1.23. The second-order valence-corrected chi connectivity index (χ2v) is 9.55. The Morgan fingerprint density at radius 1 is 1.06 bits per heavy atom. The van der Waals surface area contributed by atoms with Crippen molar-refractivity contribution in [2.45, 2.75) is 49.5 Å². The molecule has 1 saturated heterocycles. The van der Waals surface area contributed by atoms with Crippen LogP contribution in [0.1, 0.15) is 36.8 Å². The van der Waals surface area contributed by atoms with Crippen molar-refractivity contribution < 1.29 is 22.8 Å². The Hall–Kier alpha value is -2.82. The van der Waals surface area contributed by atoms with E-state index >= 15 is 0 Å². The number of thioether (sulfide) groups is 1. The maximum Gasteiger partial charge on any atom is 0.416 e. The molecular formula is C23H26F3N5O2S. The Morgan fingerprint density at radius 3 is 2.47 bits per heavy atom. The zero-order chi connectivity index (χ0) is 24.1. The lowest BCUT2D eigenvalue weighted by Gasteiger charge is -2.32. The van der Waals surface area contributed by atoms with Gasteiger partial charge in [0.05, 0.1) is 17.2 Å². The molecule has 182 valence electrons. The van der Waals surface area contributed by atoms with E-state index in [4.69, 9.17) is 0 Å². The molecular weight excluding hydrogens is 467 g/mol. The Morgan fingerprint density at radius 2 is 1.82 bits per heavy atom. The van der Waals surface area contributed by atoms with Crippen LogP contribution in [0.2, 0.25) is 0 Å². The first kappa shape index (κ1) is 24.3. The molecule has 2 N–H and O–H groups in total. The smallest absolute Gasteiger partial charge is 0.354 e. The molecule has 1 aromatic carbocycles. The van der Waals surface area contributed by atoms with Crippen molar-refractivity contribution in [3.05, 3.63) is 47.5 Å². The fraction of sp³-hybridized carbons (Fsp3) is 0.478. The monoisotopic (exact) mass is 493 g/mol. The van der Waals surface area contributed by atoms with Gasteiger partial charge in [0.15, 0.2) is 5.82 Å². The van der Waals surface area contributed by atoms with E-state index in [1.54, 1.807) is 6.07 Å². The van der Waals surface area contributed by atoms with Crippen LogP contribution in [-0.2, 0) is 22.3 Å². The van der Waals surface area contributed by atoms with E-state index in [0.29, 0.717) is 29.0 Å². The molecule has 0 bridgehead atoms. The number of hydrogen-bond acceptors (Lipinski definition) is 6. The number of piperidine rings is 1. The van der Waals surface area contributed by atoms with Crippen LogP contribution in [-0.4, -0.2) is 46.9 Å². The standard InChI is InChI=1S/C23H26F3N5O2S/c24-23(25,26)17-5-3-15(4-6-17)12-27-20(32)14-34-21-10-9-19(29-30-21)31-11-1-2-16(13-31)22(33)28-18-7-8-18/h3-6,9-10,16,18H,1-2,7-8,11-14H2,(H,27,32)(H,28,33)/t16-/m1/s1. The lowest BCUT2D eigenvalue weighted by atomic mass is 9.97. The minimum Gasteiger partial charge on any atom is -0.354 e. The minimum absolute atomic E-state index is 0.0430. The number of amides is 2. The summed E-state index contributed by atoms with van der Waals surface area (Å²) in [7, 11) is 0. The van der Waals surface area contributed by atoms with E-state index in [-0.39, 0.29) is 30.0 Å². The number of aromatic nitrogens is 2. The average molecular weight is 494 g/mol. The van der Waals surface area contributed by atoms with Crippen LogP contribution in [0, 0.1) is 5.92 Å². The molecule has 0 unspecified atom stereocenters. The van der Waals surface area contributed by atoms with E-state index in [1.807, 2.05) is 6.07 Å². The number of anilines is 1. The number of carbonyl (C=O) groups excluding carboxylic acids is 2. The molecule has 2 amide bonds. The summed E-state index contributed by atoms with van der Waals surface area (Å²) in [6.07, 6.45) is -0.451. The fourth-order valence-electron chi connectivity index (χ4n) is 3.71. The van der Waals surface area contributed by atoms with Gasteiger partial charge in [0, 0.05) is 25.7 Å². The molecule has 1 saturated carbocycles. The van der Waals surface area contributed by atoms with Gasteiger partial charge in [-0.3, -0.25) is 9.59 Å². The van der Waals surface area contributed by atoms with Gasteiger partial charge in [-0.15, -0.1) is 10.2 Å². The second kappa shape index (κ2) is 10.6. The van der Waals surface area contributed by atoms with Gasteiger partial charge in [-0.25, -0.2) is 0 Å². The van der Waals surface area contributed by atoms with Crippen molar-refractivity contribution in [3.63, 3.8) is 0 Å². The van der Waals surface area contributed by atoms with Gasteiger partial charge in [0.25, 0.3) is 0 Å². The Kier molecular flexibility index (Phi) is 7.60. The summed E-state index contributed by atoms with van der Waals surface area (Å²) in [6, 6.07) is 8.68. The number of nitrogens with one attached hydrogen (secondary N) is 2. The SMILES string of the molecule is O=C(CSc1ccc(N2CCC[C@@H](C(=O)NC3CC3)C2)nn1)NCc1ccc(C(F)(F)F)cc1. The Bertz CT molecular complexity index is 997. The molecule has 4 rings (SSSR count). The van der Waals surface area contributed by atoms with Crippen LogP contribution in [0.3, 0.4) is 0 Å². The molecule has 34 heavy (non-hydrogen) atoms. The Labute approximate surface area is 199 Å². The quantitative estimate of drug-likeness (QED) is 0.549. The lowest BCUT2D eigenvalue weighted by Crippen LogP contribution is -2.44. The maximum atomic E-state index is 12.6. The molecule has 2 fully saturated rings. The highest BCUT2D eigenvalue weighted by atomic mass is 32.2. The average Bonchev–Trinajstić information content (AvgIpc) is 3.65. The highest BCUT2D eigenvalue weighted by Gasteiger charge is 2.31. The molecule has 2 aromatic rings. The normalized spacial score (nSPS) is 18.4. The minimum atomic E-state index is -4.38. The predicted molar refractivity (Wildman–Crippen MR) is 122 cm³/mol. The van der Waals surface area contributed by atoms with E-state index in [0.717, 1.165) is 44.4 Å². The number of rotatable bonds is 8. The van der Waals surface area contributed by atoms with Gasteiger partial charge in [-0.1, -0.05) is 23.9 Å². The number of halogens is 3. The summed E-state index contributed by atoms with van der Waals surface area (Å²) in [4.78, 5) is 26.5. The summed E-state index contributed by atoms with van der Waals surface area (Å²) in [6.45, 7) is 1.58. The van der Waals surface area contributed by atoms with Crippen LogP contribution in [0.5, 0.6) is 0 Å². The molecule has 7 nitrogen and oxygen atoms in total. The van der Waals surface area contributed by atoms with Crippen LogP contribution in [0.4, 0.5) is 19.0 Å². The third-order valence-corrected chi connectivity index (χ3v) is 6.71. The molecule has 0 spiro atoms. The van der Waals surface area contributed by atoms with Crippen LogP contribution < -0.4 is 15.5 Å². The number of hydrogen-bond donors (Lipinski definition) is 2. The van der Waals surface area contributed by atoms with Gasteiger partial charge < -0.3 is 15.5 Å². The van der Waals surface area contributed by atoms with Crippen molar-refractivity contribution in [3.8, 4) is 0 Å². The summed E-state index contributed by atoms with van der Waals surface area (Å²) in [5, 5.41) is 14.8. The third-order valence-electron chi connectivity index (χ3n) is 5.79. The number of alkyl halides is 3. The van der Waals surface area contributed by atoms with Crippen LogP contribution in [0.25, 0.3) is 0 Å². The van der Waals surface area contributed by atoms with Crippen molar-refractivity contribution in [2.24, 2.45) is 5.92 Å². The lowest BCUT2D eigenvalue weighted by molar-refractivity contribution is -0.137. The zero-order valence-electron chi connectivity index (χ0n) is 18.5. The van der Waals surface area contributed by atoms with Crippen molar-refractivity contribution in [1.29, 1.82) is 0 Å². The first-order valence-electron chi connectivity index (χ1n) is 11.2. The summed E-state index contributed by atoms with van der Waals surface area (Å²) in [5.41, 5.74) is -0.136. The first-order valence-corrected chi connectivity index (χ1v) is 12.2. The first-order chi connectivity index (χ1) is 16.3. The Balaban J connectivity index is 1.21. The fourth-order valence-corrected chi connectivity index (χ4v) is 4.35. The molecule has 2 aliphatic rings. The summed E-state index contributed by atoms with van der Waals surface area (Å²) in [5.74, 6) is 0.645. The molecule has 1 aromatic heterocycles. The van der Waals surface area contributed by atoms with Crippen molar-refractivity contribution in [1.82, 2.24) is 20.8 Å². The predicted octanol–water partition coefficient (Wildman–Crippen LogP) is 3.40. The summed E-state index contributed by atoms with van der Waals surface area (Å²) < 4.78 is 37.8. The maximum absolute atomic E-state index is 12.6. The molecule has 11 heteroatoms. The van der Waals surface area contributed by atoms with Crippen LogP contribution in [0.15, 0.2) is 41.4 Å². The van der Waals surface area contributed by atoms with Gasteiger partial charge in [-0.05, 0) is 55.5 Å². The number of carbonyl (C=O) groups is 2. The molecule has 2 heterocycles. The van der Waals surface area contributed by atoms with Crippen LogP contribution >= 0.6 is 11.8 Å². The van der Waals surface area contributed by atoms with E-state index in [2.05, 4.69) is 25.7 Å².